The van der Waals surface area contributed by atoms with Crippen molar-refractivity contribution in [2.45, 2.75) is 24.2 Å². The van der Waals surface area contributed by atoms with Crippen LogP contribution in [0.3, 0.4) is 0 Å². The highest BCUT2D eigenvalue weighted by atomic mass is 32.2. The third-order valence-corrected chi connectivity index (χ3v) is 7.55. The van der Waals surface area contributed by atoms with Crippen molar-refractivity contribution in [1.29, 1.82) is 0 Å². The van der Waals surface area contributed by atoms with Crippen molar-refractivity contribution in [2.75, 3.05) is 25.0 Å². The molecule has 1 N–H and O–H groups in total. The molecule has 2 heterocycles. The molecule has 0 bridgehead atoms. The SMILES string of the molecule is O=C(CCOc1ccc(F)cc1)Nc1nc2ccc(S(=O)(=O)N3CCCC3)cc2s1. The number of benzene rings is 2. The highest BCUT2D eigenvalue weighted by Crippen LogP contribution is 2.30. The summed E-state index contributed by atoms with van der Waals surface area (Å²) in [6.07, 6.45) is 1.86. The molecule has 2 aromatic carbocycles. The Morgan fingerprint density at radius 2 is 1.90 bits per heavy atom. The molecule has 0 radical (unpaired) electrons. The second-order valence-electron chi connectivity index (χ2n) is 6.86. The van der Waals surface area contributed by atoms with Gasteiger partial charge in [-0.2, -0.15) is 4.31 Å². The molecule has 10 heteroatoms. The van der Waals surface area contributed by atoms with E-state index in [1.807, 2.05) is 0 Å². The van der Waals surface area contributed by atoms with Crippen LogP contribution < -0.4 is 10.1 Å². The Hall–Kier alpha value is -2.56. The number of rotatable bonds is 7. The number of halogens is 1. The van der Waals surface area contributed by atoms with E-state index in [1.54, 1.807) is 18.2 Å². The van der Waals surface area contributed by atoms with E-state index in [4.69, 9.17) is 4.74 Å². The van der Waals surface area contributed by atoms with Crippen molar-refractivity contribution >= 4 is 42.6 Å². The van der Waals surface area contributed by atoms with Gasteiger partial charge < -0.3 is 10.1 Å². The summed E-state index contributed by atoms with van der Waals surface area (Å²) >= 11 is 1.22. The first-order valence-corrected chi connectivity index (χ1v) is 11.8. The fourth-order valence-electron chi connectivity index (χ4n) is 3.17. The molecule has 1 amide bonds. The number of fused-ring (bicyclic) bond motifs is 1. The van der Waals surface area contributed by atoms with Crippen molar-refractivity contribution in [3.63, 3.8) is 0 Å². The van der Waals surface area contributed by atoms with E-state index in [2.05, 4.69) is 10.3 Å². The molecule has 158 valence electrons. The van der Waals surface area contributed by atoms with Crippen LogP contribution in [0.15, 0.2) is 47.4 Å². The Bertz CT molecular complexity index is 1160. The highest BCUT2D eigenvalue weighted by molar-refractivity contribution is 7.89. The molecule has 7 nitrogen and oxygen atoms in total. The van der Waals surface area contributed by atoms with Gasteiger partial charge in [-0.05, 0) is 55.3 Å². The largest absolute Gasteiger partial charge is 0.493 e. The molecule has 0 atom stereocenters. The lowest BCUT2D eigenvalue weighted by atomic mass is 10.3. The molecule has 0 unspecified atom stereocenters. The van der Waals surface area contributed by atoms with Gasteiger partial charge in [0.2, 0.25) is 15.9 Å². The number of carbonyl (C=O) groups excluding carboxylic acids is 1. The fourth-order valence-corrected chi connectivity index (χ4v) is 5.71. The lowest BCUT2D eigenvalue weighted by Crippen LogP contribution is -2.27. The number of hydrogen-bond donors (Lipinski definition) is 1. The van der Waals surface area contributed by atoms with E-state index in [9.17, 15) is 17.6 Å². The summed E-state index contributed by atoms with van der Waals surface area (Å²) in [6.45, 7) is 1.23. The Labute approximate surface area is 177 Å². The summed E-state index contributed by atoms with van der Waals surface area (Å²) in [6, 6.07) is 10.4. The van der Waals surface area contributed by atoms with Crippen LogP contribution in [0.2, 0.25) is 0 Å². The lowest BCUT2D eigenvalue weighted by Gasteiger charge is -2.15. The lowest BCUT2D eigenvalue weighted by molar-refractivity contribution is -0.116. The van der Waals surface area contributed by atoms with Gasteiger partial charge in [0.25, 0.3) is 0 Å². The third kappa shape index (κ3) is 4.61. The minimum Gasteiger partial charge on any atom is -0.493 e. The Morgan fingerprint density at radius 3 is 2.63 bits per heavy atom. The van der Waals surface area contributed by atoms with Gasteiger partial charge in [-0.1, -0.05) is 11.3 Å². The van der Waals surface area contributed by atoms with Crippen molar-refractivity contribution in [3.05, 3.63) is 48.3 Å². The average molecular weight is 450 g/mol. The summed E-state index contributed by atoms with van der Waals surface area (Å²) in [5.41, 5.74) is 0.623. The third-order valence-electron chi connectivity index (χ3n) is 4.72. The van der Waals surface area contributed by atoms with E-state index in [1.165, 1.54) is 39.9 Å². The molecule has 1 fully saturated rings. The maximum Gasteiger partial charge on any atom is 0.243 e. The van der Waals surface area contributed by atoms with Crippen LogP contribution in [0.1, 0.15) is 19.3 Å². The molecule has 1 aliphatic heterocycles. The van der Waals surface area contributed by atoms with Gasteiger partial charge in [0, 0.05) is 13.1 Å². The number of nitrogens with zero attached hydrogens (tertiary/aromatic N) is 2. The smallest absolute Gasteiger partial charge is 0.243 e. The summed E-state index contributed by atoms with van der Waals surface area (Å²) in [5, 5.41) is 3.10. The van der Waals surface area contributed by atoms with Gasteiger partial charge in [-0.3, -0.25) is 4.79 Å². The van der Waals surface area contributed by atoms with Crippen LogP contribution in [0.25, 0.3) is 10.2 Å². The predicted molar refractivity (Wildman–Crippen MR) is 113 cm³/mol. The van der Waals surface area contributed by atoms with Gasteiger partial charge in [0.15, 0.2) is 5.13 Å². The molecule has 1 saturated heterocycles. The van der Waals surface area contributed by atoms with Crippen molar-refractivity contribution in [1.82, 2.24) is 9.29 Å². The number of ether oxygens (including phenoxy) is 1. The quantitative estimate of drug-likeness (QED) is 0.595. The second kappa shape index (κ2) is 8.66. The molecule has 3 aromatic rings. The van der Waals surface area contributed by atoms with Gasteiger partial charge in [-0.25, -0.2) is 17.8 Å². The first-order valence-electron chi connectivity index (χ1n) is 9.51. The van der Waals surface area contributed by atoms with E-state index in [0.717, 1.165) is 12.8 Å². The van der Waals surface area contributed by atoms with Crippen LogP contribution in [-0.4, -0.2) is 43.3 Å². The fraction of sp³-hybridized carbons (Fsp3) is 0.300. The zero-order valence-electron chi connectivity index (χ0n) is 16.0. The monoisotopic (exact) mass is 449 g/mol. The standard InChI is InChI=1S/C20H20FN3O4S2/c21-14-3-5-15(6-4-14)28-12-9-19(25)23-20-22-17-8-7-16(13-18(17)29-20)30(26,27)24-10-1-2-11-24/h3-8,13H,1-2,9-12H2,(H,22,23,25). The van der Waals surface area contributed by atoms with Gasteiger partial charge in [0.05, 0.1) is 28.1 Å². The van der Waals surface area contributed by atoms with Gasteiger partial charge in [-0.15, -0.1) is 0 Å². The van der Waals surface area contributed by atoms with E-state index in [-0.39, 0.29) is 29.6 Å². The van der Waals surface area contributed by atoms with E-state index >= 15 is 0 Å². The number of anilines is 1. The van der Waals surface area contributed by atoms with Crippen LogP contribution >= 0.6 is 11.3 Å². The van der Waals surface area contributed by atoms with E-state index < -0.39 is 10.0 Å². The average Bonchev–Trinajstić information content (AvgIpc) is 3.38. The zero-order valence-corrected chi connectivity index (χ0v) is 17.6. The summed E-state index contributed by atoms with van der Waals surface area (Å²) in [4.78, 5) is 16.7. The van der Waals surface area contributed by atoms with Crippen molar-refractivity contribution in [3.8, 4) is 5.75 Å². The van der Waals surface area contributed by atoms with Crippen LogP contribution in [-0.2, 0) is 14.8 Å². The maximum atomic E-state index is 12.9. The molecular weight excluding hydrogens is 429 g/mol. The number of hydrogen-bond acceptors (Lipinski definition) is 6. The Kier molecular flexibility index (Phi) is 5.98. The van der Waals surface area contributed by atoms with Crippen LogP contribution in [0.4, 0.5) is 9.52 Å². The van der Waals surface area contributed by atoms with Crippen LogP contribution in [0, 0.1) is 5.82 Å². The molecular formula is C20H20FN3O4S2. The summed E-state index contributed by atoms with van der Waals surface area (Å²) in [5.74, 6) is -0.149. The maximum absolute atomic E-state index is 12.9. The first-order chi connectivity index (χ1) is 14.4. The molecule has 0 spiro atoms. The van der Waals surface area contributed by atoms with Crippen LogP contribution in [0.5, 0.6) is 5.75 Å². The minimum absolute atomic E-state index is 0.0991. The number of sulfonamides is 1. The summed E-state index contributed by atoms with van der Waals surface area (Å²) in [7, 11) is -3.50. The zero-order chi connectivity index (χ0) is 21.1. The Balaban J connectivity index is 1.38. The molecule has 1 aromatic heterocycles. The number of carbonyl (C=O) groups is 1. The molecule has 30 heavy (non-hydrogen) atoms. The van der Waals surface area contributed by atoms with E-state index in [0.29, 0.717) is 34.2 Å². The second-order valence-corrected chi connectivity index (χ2v) is 9.83. The minimum atomic E-state index is -3.50. The predicted octanol–water partition coefficient (Wildman–Crippen LogP) is 3.63. The Morgan fingerprint density at radius 1 is 1.17 bits per heavy atom. The normalized spacial score (nSPS) is 14.8. The van der Waals surface area contributed by atoms with Crippen molar-refractivity contribution < 1.29 is 22.3 Å². The summed E-state index contributed by atoms with van der Waals surface area (Å²) < 4.78 is 45.9. The number of amides is 1. The van der Waals surface area contributed by atoms with Crippen molar-refractivity contribution in [2.24, 2.45) is 0 Å². The number of nitrogens with one attached hydrogen (secondary N) is 1. The number of aromatic nitrogens is 1. The van der Waals surface area contributed by atoms with Gasteiger partial charge in [0.1, 0.15) is 11.6 Å². The first kappa shape index (κ1) is 20.7. The molecule has 0 saturated carbocycles. The molecule has 1 aliphatic rings. The number of thiazole rings is 1. The highest BCUT2D eigenvalue weighted by Gasteiger charge is 2.27. The van der Waals surface area contributed by atoms with Gasteiger partial charge >= 0.3 is 0 Å². The topological polar surface area (TPSA) is 88.6 Å². The molecule has 4 rings (SSSR count). The molecule has 0 aliphatic carbocycles.